The maximum atomic E-state index is 11.9. The van der Waals surface area contributed by atoms with Gasteiger partial charge in [-0.05, 0) is 48.8 Å². The number of phenolic OH excluding ortho intramolecular Hbond substituents is 1. The predicted molar refractivity (Wildman–Crippen MR) is 98.2 cm³/mol. The molecule has 1 aromatic rings. The van der Waals surface area contributed by atoms with Crippen molar-refractivity contribution in [3.8, 4) is 5.75 Å². The number of amides is 1. The Morgan fingerprint density at radius 2 is 1.52 bits per heavy atom. The van der Waals surface area contributed by atoms with Gasteiger partial charge in [0, 0.05) is 16.8 Å². The van der Waals surface area contributed by atoms with Crippen LogP contribution in [0.1, 0.15) is 72.4 Å². The Hall–Kier alpha value is -1.77. The summed E-state index contributed by atoms with van der Waals surface area (Å²) in [6.45, 7) is 14.5. The molecule has 1 rings (SSSR count). The number of rotatable bonds is 6. The number of hydrogen-bond acceptors (Lipinski definition) is 2. The Balaban J connectivity index is 3.53. The van der Waals surface area contributed by atoms with Gasteiger partial charge in [0.1, 0.15) is 5.75 Å². The van der Waals surface area contributed by atoms with Gasteiger partial charge in [0.25, 0.3) is 0 Å². The van der Waals surface area contributed by atoms with Gasteiger partial charge in [-0.15, -0.1) is 0 Å². The molecule has 1 aromatic carbocycles. The maximum Gasteiger partial charge on any atom is 0.248 e. The summed E-state index contributed by atoms with van der Waals surface area (Å²) < 4.78 is 0. The van der Waals surface area contributed by atoms with E-state index in [4.69, 9.17) is 0 Å². The van der Waals surface area contributed by atoms with E-state index in [1.54, 1.807) is 6.08 Å². The monoisotopic (exact) mass is 317 g/mol. The summed E-state index contributed by atoms with van der Waals surface area (Å²) in [7, 11) is 0. The van der Waals surface area contributed by atoms with Crippen molar-refractivity contribution in [2.45, 2.75) is 72.1 Å². The zero-order valence-corrected chi connectivity index (χ0v) is 15.6. The van der Waals surface area contributed by atoms with Crippen molar-refractivity contribution in [3.63, 3.8) is 0 Å². The van der Waals surface area contributed by atoms with Crippen LogP contribution in [0.15, 0.2) is 24.3 Å². The molecular weight excluding hydrogens is 286 g/mol. The van der Waals surface area contributed by atoms with Crippen molar-refractivity contribution in [2.75, 3.05) is 5.32 Å². The summed E-state index contributed by atoms with van der Waals surface area (Å²) in [6.07, 6.45) is 5.02. The smallest absolute Gasteiger partial charge is 0.248 e. The molecule has 1 amide bonds. The minimum atomic E-state index is -0.163. The lowest BCUT2D eigenvalue weighted by Gasteiger charge is -2.31. The molecule has 0 radical (unpaired) electrons. The molecule has 0 spiro atoms. The van der Waals surface area contributed by atoms with Gasteiger partial charge in [-0.1, -0.05) is 47.6 Å². The first-order valence-electron chi connectivity index (χ1n) is 8.40. The standard InChI is InChI=1S/C20H31NO2/c1-8-11-17(22)21-14-12-15(19(4,5)9-2)18(23)16(13-14)20(6,7)10-3/h8,11-13,23H,9-10H2,1-7H3,(H,21,22). The lowest BCUT2D eigenvalue weighted by molar-refractivity contribution is -0.111. The third-order valence-electron chi connectivity index (χ3n) is 4.92. The van der Waals surface area contributed by atoms with Gasteiger partial charge in [0.05, 0.1) is 0 Å². The second kappa shape index (κ2) is 7.20. The molecule has 0 saturated carbocycles. The van der Waals surface area contributed by atoms with Crippen LogP contribution in [-0.2, 0) is 15.6 Å². The maximum absolute atomic E-state index is 11.9. The first-order valence-corrected chi connectivity index (χ1v) is 8.40. The molecule has 0 heterocycles. The van der Waals surface area contributed by atoms with E-state index >= 15 is 0 Å². The summed E-state index contributed by atoms with van der Waals surface area (Å²) in [6, 6.07) is 3.80. The van der Waals surface area contributed by atoms with Crippen LogP contribution in [0.25, 0.3) is 0 Å². The molecule has 2 N–H and O–H groups in total. The van der Waals surface area contributed by atoms with Crippen molar-refractivity contribution in [2.24, 2.45) is 0 Å². The van der Waals surface area contributed by atoms with Gasteiger partial charge in [-0.3, -0.25) is 4.79 Å². The fraction of sp³-hybridized carbons (Fsp3) is 0.550. The second-order valence-corrected chi connectivity index (χ2v) is 7.38. The molecular formula is C20H31NO2. The lowest BCUT2D eigenvalue weighted by Crippen LogP contribution is -2.22. The molecule has 0 atom stereocenters. The number of allylic oxidation sites excluding steroid dienone is 1. The van der Waals surface area contributed by atoms with Crippen molar-refractivity contribution >= 4 is 11.6 Å². The van der Waals surface area contributed by atoms with E-state index in [0.717, 1.165) is 29.7 Å². The van der Waals surface area contributed by atoms with Gasteiger partial charge >= 0.3 is 0 Å². The lowest BCUT2D eigenvalue weighted by atomic mass is 9.75. The summed E-state index contributed by atoms with van der Waals surface area (Å²) in [5, 5.41) is 13.8. The first-order chi connectivity index (χ1) is 10.6. The van der Waals surface area contributed by atoms with Crippen LogP contribution in [0.2, 0.25) is 0 Å². The van der Waals surface area contributed by atoms with Crippen LogP contribution in [0.5, 0.6) is 5.75 Å². The van der Waals surface area contributed by atoms with Crippen LogP contribution < -0.4 is 5.32 Å². The highest BCUT2D eigenvalue weighted by atomic mass is 16.3. The summed E-state index contributed by atoms with van der Waals surface area (Å²) in [4.78, 5) is 11.9. The van der Waals surface area contributed by atoms with Crippen molar-refractivity contribution in [1.29, 1.82) is 0 Å². The SMILES string of the molecule is CC=CC(=O)Nc1cc(C(C)(C)CC)c(O)c(C(C)(C)CC)c1. The van der Waals surface area contributed by atoms with Gasteiger partial charge in [-0.25, -0.2) is 0 Å². The minimum absolute atomic E-state index is 0.154. The van der Waals surface area contributed by atoms with E-state index in [-0.39, 0.29) is 16.7 Å². The van der Waals surface area contributed by atoms with E-state index < -0.39 is 0 Å². The third-order valence-corrected chi connectivity index (χ3v) is 4.92. The molecule has 0 aromatic heterocycles. The Morgan fingerprint density at radius 1 is 1.09 bits per heavy atom. The molecule has 128 valence electrons. The molecule has 0 aliphatic rings. The topological polar surface area (TPSA) is 49.3 Å². The van der Waals surface area contributed by atoms with E-state index in [1.807, 2.05) is 19.1 Å². The fourth-order valence-electron chi connectivity index (χ4n) is 2.45. The number of nitrogens with one attached hydrogen (secondary N) is 1. The molecule has 0 unspecified atom stereocenters. The van der Waals surface area contributed by atoms with Crippen LogP contribution in [0.3, 0.4) is 0 Å². The van der Waals surface area contributed by atoms with Crippen LogP contribution >= 0.6 is 0 Å². The average Bonchev–Trinajstić information content (AvgIpc) is 2.48. The fourth-order valence-corrected chi connectivity index (χ4v) is 2.45. The quantitative estimate of drug-likeness (QED) is 0.554. The Labute approximate surface area is 140 Å². The highest BCUT2D eigenvalue weighted by Crippen LogP contribution is 2.43. The largest absolute Gasteiger partial charge is 0.507 e. The summed E-state index contributed by atoms with van der Waals surface area (Å²) in [5.41, 5.74) is 2.18. The van der Waals surface area contributed by atoms with Crippen molar-refractivity contribution < 1.29 is 9.90 Å². The van der Waals surface area contributed by atoms with Gasteiger partial charge < -0.3 is 10.4 Å². The zero-order valence-electron chi connectivity index (χ0n) is 15.6. The van der Waals surface area contributed by atoms with Crippen LogP contribution in [0.4, 0.5) is 5.69 Å². The molecule has 0 fully saturated rings. The summed E-state index contributed by atoms with van der Waals surface area (Å²) >= 11 is 0. The third kappa shape index (κ3) is 4.37. The van der Waals surface area contributed by atoms with Gasteiger partial charge in [0.15, 0.2) is 0 Å². The molecule has 3 heteroatoms. The molecule has 3 nitrogen and oxygen atoms in total. The number of carbonyl (C=O) groups excluding carboxylic acids is 1. The van der Waals surface area contributed by atoms with E-state index in [0.29, 0.717) is 5.75 Å². The number of anilines is 1. The van der Waals surface area contributed by atoms with Gasteiger partial charge in [0.2, 0.25) is 5.91 Å². The molecule has 0 saturated heterocycles. The van der Waals surface area contributed by atoms with E-state index in [9.17, 15) is 9.90 Å². The Bertz CT molecular complexity index is 561. The normalized spacial score (nSPS) is 12.7. The molecule has 0 aliphatic carbocycles. The van der Waals surface area contributed by atoms with Crippen molar-refractivity contribution in [3.05, 3.63) is 35.4 Å². The van der Waals surface area contributed by atoms with Crippen LogP contribution in [0, 0.1) is 0 Å². The second-order valence-electron chi connectivity index (χ2n) is 7.38. The number of benzene rings is 1. The number of phenols is 1. The highest BCUT2D eigenvalue weighted by molar-refractivity contribution is 5.99. The number of hydrogen-bond donors (Lipinski definition) is 2. The van der Waals surface area contributed by atoms with Gasteiger partial charge in [-0.2, -0.15) is 0 Å². The predicted octanol–water partition coefficient (Wildman–Crippen LogP) is 5.28. The Morgan fingerprint density at radius 3 is 1.87 bits per heavy atom. The zero-order chi connectivity index (χ0) is 17.8. The number of carbonyl (C=O) groups is 1. The Kier molecular flexibility index (Phi) is 6.04. The van der Waals surface area contributed by atoms with E-state index in [2.05, 4.69) is 46.9 Å². The first kappa shape index (κ1) is 19.3. The van der Waals surface area contributed by atoms with E-state index in [1.165, 1.54) is 6.08 Å². The van der Waals surface area contributed by atoms with Crippen LogP contribution in [-0.4, -0.2) is 11.0 Å². The minimum Gasteiger partial charge on any atom is -0.507 e. The highest BCUT2D eigenvalue weighted by Gasteiger charge is 2.29. The number of aromatic hydroxyl groups is 1. The van der Waals surface area contributed by atoms with Crippen molar-refractivity contribution in [1.82, 2.24) is 0 Å². The molecule has 0 aliphatic heterocycles. The molecule has 23 heavy (non-hydrogen) atoms. The summed E-state index contributed by atoms with van der Waals surface area (Å²) in [5.74, 6) is 0.200. The molecule has 0 bridgehead atoms. The average molecular weight is 317 g/mol.